The van der Waals surface area contributed by atoms with Crippen molar-refractivity contribution in [2.75, 3.05) is 26.7 Å². The second kappa shape index (κ2) is 10.0. The first-order valence-electron chi connectivity index (χ1n) is 11.8. The van der Waals surface area contributed by atoms with E-state index < -0.39 is 22.2 Å². The van der Waals surface area contributed by atoms with E-state index >= 15 is 0 Å². The van der Waals surface area contributed by atoms with Crippen molar-refractivity contribution in [1.82, 2.24) is 14.2 Å². The fourth-order valence-corrected chi connectivity index (χ4v) is 6.32. The van der Waals surface area contributed by atoms with Crippen LogP contribution in [0.25, 0.3) is 11.1 Å². The highest BCUT2D eigenvalue weighted by Gasteiger charge is 2.39. The summed E-state index contributed by atoms with van der Waals surface area (Å²) in [6.07, 6.45) is 5.87. The van der Waals surface area contributed by atoms with E-state index in [2.05, 4.69) is 4.98 Å². The van der Waals surface area contributed by atoms with E-state index in [0.29, 0.717) is 6.54 Å². The van der Waals surface area contributed by atoms with E-state index in [9.17, 15) is 18.3 Å². The number of benzene rings is 1. The number of hydrogen-bond donors (Lipinski definition) is 1. The van der Waals surface area contributed by atoms with Crippen molar-refractivity contribution in [2.24, 2.45) is 11.8 Å². The molecule has 1 N–H and O–H groups in total. The maximum atomic E-state index is 13.6. The van der Waals surface area contributed by atoms with Gasteiger partial charge in [-0.25, -0.2) is 8.42 Å². The van der Waals surface area contributed by atoms with Crippen LogP contribution in [0.4, 0.5) is 0 Å². The van der Waals surface area contributed by atoms with Gasteiger partial charge in [0, 0.05) is 43.9 Å². The van der Waals surface area contributed by atoms with Crippen molar-refractivity contribution >= 4 is 15.9 Å². The Bertz CT molecular complexity index is 1120. The van der Waals surface area contributed by atoms with Crippen LogP contribution in [-0.4, -0.2) is 72.5 Å². The monoisotopic (exact) mass is 487 g/mol. The number of amides is 1. The Hall–Kier alpha value is -2.49. The number of likely N-dealkylation sites (N-methyl/N-ethyl adjacent to an activating group) is 1. The molecule has 1 aromatic heterocycles. The lowest BCUT2D eigenvalue weighted by atomic mass is 9.84. The van der Waals surface area contributed by atoms with Crippen LogP contribution < -0.4 is 4.74 Å². The molecule has 1 amide bonds. The molecule has 1 aliphatic carbocycles. The molecule has 0 bridgehead atoms. The van der Waals surface area contributed by atoms with Gasteiger partial charge in [-0.2, -0.15) is 4.31 Å². The molecule has 34 heavy (non-hydrogen) atoms. The molecule has 9 heteroatoms. The second-order valence-electron chi connectivity index (χ2n) is 9.48. The molecule has 0 spiro atoms. The summed E-state index contributed by atoms with van der Waals surface area (Å²) >= 11 is 0. The Morgan fingerprint density at radius 3 is 2.56 bits per heavy atom. The van der Waals surface area contributed by atoms with Crippen molar-refractivity contribution in [2.45, 2.75) is 50.2 Å². The maximum Gasteiger partial charge on any atom is 0.247 e. The second-order valence-corrected chi connectivity index (χ2v) is 11.3. The third kappa shape index (κ3) is 4.82. The van der Waals surface area contributed by atoms with Gasteiger partial charge in [-0.1, -0.05) is 19.4 Å². The Kier molecular flexibility index (Phi) is 7.25. The highest BCUT2D eigenvalue weighted by Crippen LogP contribution is 2.37. The molecule has 1 fully saturated rings. The third-order valence-corrected chi connectivity index (χ3v) is 8.98. The van der Waals surface area contributed by atoms with Gasteiger partial charge >= 0.3 is 0 Å². The first-order valence-corrected chi connectivity index (χ1v) is 13.2. The van der Waals surface area contributed by atoms with E-state index in [0.717, 1.165) is 30.4 Å². The van der Waals surface area contributed by atoms with Crippen LogP contribution in [0.5, 0.6) is 5.75 Å². The van der Waals surface area contributed by atoms with Crippen molar-refractivity contribution in [3.8, 4) is 16.9 Å². The van der Waals surface area contributed by atoms with Gasteiger partial charge in [0.25, 0.3) is 0 Å². The van der Waals surface area contributed by atoms with Gasteiger partial charge in [-0.15, -0.1) is 0 Å². The van der Waals surface area contributed by atoms with Gasteiger partial charge in [0.05, 0.1) is 13.2 Å². The smallest absolute Gasteiger partial charge is 0.247 e. The minimum atomic E-state index is -3.91. The van der Waals surface area contributed by atoms with Gasteiger partial charge in [0.2, 0.25) is 15.9 Å². The Morgan fingerprint density at radius 2 is 1.94 bits per heavy atom. The molecule has 184 valence electrons. The van der Waals surface area contributed by atoms with Gasteiger partial charge in [-0.3, -0.25) is 9.78 Å². The average Bonchev–Trinajstić information content (AvgIpc) is 2.79. The average molecular weight is 488 g/mol. The Morgan fingerprint density at radius 1 is 1.24 bits per heavy atom. The molecule has 2 aliphatic rings. The zero-order valence-electron chi connectivity index (χ0n) is 19.9. The number of carbonyl (C=O) groups excluding carboxylic acids is 1. The van der Waals surface area contributed by atoms with Crippen LogP contribution in [0.15, 0.2) is 47.6 Å². The quantitative estimate of drug-likeness (QED) is 0.673. The molecule has 1 aromatic carbocycles. The van der Waals surface area contributed by atoms with Gasteiger partial charge < -0.3 is 14.7 Å². The predicted octanol–water partition coefficient (Wildman–Crippen LogP) is 2.78. The summed E-state index contributed by atoms with van der Waals surface area (Å²) in [6.45, 7) is 3.88. The summed E-state index contributed by atoms with van der Waals surface area (Å²) in [4.78, 5) is 18.6. The van der Waals surface area contributed by atoms with Crippen molar-refractivity contribution in [1.29, 1.82) is 0 Å². The number of ether oxygens (including phenoxy) is 1. The van der Waals surface area contributed by atoms with E-state index in [1.807, 2.05) is 19.1 Å². The maximum absolute atomic E-state index is 13.6. The molecule has 0 saturated heterocycles. The molecule has 2 heterocycles. The highest BCUT2D eigenvalue weighted by molar-refractivity contribution is 7.89. The summed E-state index contributed by atoms with van der Waals surface area (Å²) in [7, 11) is -2.12. The normalized spacial score (nSPS) is 23.5. The van der Waals surface area contributed by atoms with E-state index in [1.54, 1.807) is 49.5 Å². The van der Waals surface area contributed by atoms with Crippen LogP contribution in [0.3, 0.4) is 0 Å². The van der Waals surface area contributed by atoms with Gasteiger partial charge in [0.1, 0.15) is 16.7 Å². The first kappa shape index (κ1) is 24.6. The summed E-state index contributed by atoms with van der Waals surface area (Å²) in [5, 5.41) is 9.79. The van der Waals surface area contributed by atoms with Crippen LogP contribution in [0, 0.1) is 11.8 Å². The molecule has 2 aromatic rings. The van der Waals surface area contributed by atoms with Crippen molar-refractivity contribution < 1.29 is 23.1 Å². The fraction of sp³-hybridized carbons (Fsp3) is 0.520. The number of nitrogens with zero attached hydrogens (tertiary/aromatic N) is 3. The summed E-state index contributed by atoms with van der Waals surface area (Å²) < 4.78 is 34.9. The topological polar surface area (TPSA) is 100 Å². The summed E-state index contributed by atoms with van der Waals surface area (Å²) in [5.74, 6) is 0.234. The van der Waals surface area contributed by atoms with Crippen LogP contribution in [0.1, 0.15) is 33.1 Å². The number of pyridine rings is 1. The molecule has 0 unspecified atom stereocenters. The van der Waals surface area contributed by atoms with E-state index in [4.69, 9.17) is 4.74 Å². The van der Waals surface area contributed by atoms with Crippen LogP contribution in [0.2, 0.25) is 0 Å². The lowest BCUT2D eigenvalue weighted by Crippen LogP contribution is -2.50. The zero-order chi connectivity index (χ0) is 24.5. The number of sulfonamides is 1. The summed E-state index contributed by atoms with van der Waals surface area (Å²) in [6, 6.07) is 8.17. The molecule has 1 aliphatic heterocycles. The number of aliphatic hydroxyl groups excluding tert-OH is 1. The molecule has 0 radical (unpaired) electrons. The van der Waals surface area contributed by atoms with Gasteiger partial charge in [-0.05, 0) is 55.2 Å². The number of rotatable bonds is 6. The largest absolute Gasteiger partial charge is 0.487 e. The molecule has 1 saturated carbocycles. The molecule has 3 atom stereocenters. The zero-order valence-corrected chi connectivity index (χ0v) is 20.7. The SMILES string of the molecule is C[C@@H]1CN([C@H](C)CO)S(=O)(=O)c2ccc(-c3ccncc3)cc2O[C@H]1CN(C)C(=O)C1CCC1. The predicted molar refractivity (Wildman–Crippen MR) is 129 cm³/mol. The molecular formula is C25H33N3O5S. The summed E-state index contributed by atoms with van der Waals surface area (Å²) in [5.41, 5.74) is 1.70. The van der Waals surface area contributed by atoms with Crippen LogP contribution in [-0.2, 0) is 14.8 Å². The van der Waals surface area contributed by atoms with Gasteiger partial charge in [0.15, 0.2) is 0 Å². The Balaban J connectivity index is 1.74. The van der Waals surface area contributed by atoms with Crippen LogP contribution >= 0.6 is 0 Å². The minimum Gasteiger partial charge on any atom is -0.487 e. The number of hydrogen-bond acceptors (Lipinski definition) is 6. The molecule has 4 rings (SSSR count). The van der Waals surface area contributed by atoms with Crippen molar-refractivity contribution in [3.63, 3.8) is 0 Å². The van der Waals surface area contributed by atoms with E-state index in [-0.39, 0.29) is 41.5 Å². The van der Waals surface area contributed by atoms with Crippen molar-refractivity contribution in [3.05, 3.63) is 42.7 Å². The molecule has 8 nitrogen and oxygen atoms in total. The molecular weight excluding hydrogens is 454 g/mol. The van der Waals surface area contributed by atoms with E-state index in [1.165, 1.54) is 4.31 Å². The highest BCUT2D eigenvalue weighted by atomic mass is 32.2. The number of fused-ring (bicyclic) bond motifs is 1. The lowest BCUT2D eigenvalue weighted by molar-refractivity contribution is -0.138. The fourth-order valence-electron chi connectivity index (χ4n) is 4.49. The number of carbonyl (C=O) groups is 1. The standard InChI is InChI=1S/C25H33N3O5S/c1-17-14-28(18(2)16-29)34(31,32)24-8-7-21(19-9-11-26-12-10-19)13-22(24)33-23(17)15-27(3)25(30)20-5-4-6-20/h7-13,17-18,20,23,29H,4-6,14-16H2,1-3H3/t17-,18-,23+/m1/s1. The Labute approximate surface area is 201 Å². The number of aromatic nitrogens is 1. The minimum absolute atomic E-state index is 0.0653. The first-order chi connectivity index (χ1) is 16.2. The lowest BCUT2D eigenvalue weighted by Gasteiger charge is -2.38. The number of aliphatic hydroxyl groups is 1. The third-order valence-electron chi connectivity index (χ3n) is 6.97.